The summed E-state index contributed by atoms with van der Waals surface area (Å²) in [6.07, 6.45) is 0.710. The van der Waals surface area contributed by atoms with Gasteiger partial charge in [0.1, 0.15) is 5.82 Å². The molecule has 0 aliphatic heterocycles. The first-order valence-corrected chi connectivity index (χ1v) is 5.49. The molecular formula is C15H13FO. The summed E-state index contributed by atoms with van der Waals surface area (Å²) >= 11 is 0. The maximum Gasteiger partial charge on any atom is 0.159 e. The van der Waals surface area contributed by atoms with E-state index in [-0.39, 0.29) is 11.6 Å². The molecule has 0 aromatic heterocycles. The molecule has 0 aliphatic carbocycles. The van der Waals surface area contributed by atoms with Gasteiger partial charge >= 0.3 is 0 Å². The standard InChI is InChI=1S/C15H13FO/c1-11(17)14-4-2-3-13(10-14)9-12-5-7-15(16)8-6-12/h2-8,10H,9H2,1H3. The number of Topliss-reactive ketones (excluding diaryl/α,β-unsaturated/α-hetero) is 1. The Hall–Kier alpha value is -1.96. The highest BCUT2D eigenvalue weighted by atomic mass is 19.1. The summed E-state index contributed by atoms with van der Waals surface area (Å²) < 4.78 is 12.8. The van der Waals surface area contributed by atoms with Gasteiger partial charge in [0.05, 0.1) is 0 Å². The Morgan fingerprint density at radius 3 is 2.41 bits per heavy atom. The van der Waals surface area contributed by atoms with Crippen molar-refractivity contribution in [3.63, 3.8) is 0 Å². The lowest BCUT2D eigenvalue weighted by atomic mass is 10.0. The third kappa shape index (κ3) is 3.00. The lowest BCUT2D eigenvalue weighted by molar-refractivity contribution is 0.101. The van der Waals surface area contributed by atoms with Crippen molar-refractivity contribution in [2.24, 2.45) is 0 Å². The Labute approximate surface area is 99.9 Å². The van der Waals surface area contributed by atoms with Gasteiger partial charge in [0.2, 0.25) is 0 Å². The van der Waals surface area contributed by atoms with E-state index in [0.29, 0.717) is 12.0 Å². The van der Waals surface area contributed by atoms with E-state index in [9.17, 15) is 9.18 Å². The van der Waals surface area contributed by atoms with Crippen molar-refractivity contribution in [1.82, 2.24) is 0 Å². The predicted molar refractivity (Wildman–Crippen MR) is 65.7 cm³/mol. The maximum absolute atomic E-state index is 12.8. The van der Waals surface area contributed by atoms with E-state index >= 15 is 0 Å². The molecular weight excluding hydrogens is 215 g/mol. The number of carbonyl (C=O) groups excluding carboxylic acids is 1. The molecule has 17 heavy (non-hydrogen) atoms. The SMILES string of the molecule is CC(=O)c1cccc(Cc2ccc(F)cc2)c1. The summed E-state index contributed by atoms with van der Waals surface area (Å²) in [5, 5.41) is 0. The average Bonchev–Trinajstić information content (AvgIpc) is 2.32. The van der Waals surface area contributed by atoms with Crippen molar-refractivity contribution >= 4 is 5.78 Å². The lowest BCUT2D eigenvalue weighted by Gasteiger charge is -2.03. The first-order valence-electron chi connectivity index (χ1n) is 5.49. The third-order valence-corrected chi connectivity index (χ3v) is 2.66. The Morgan fingerprint density at radius 1 is 1.06 bits per heavy atom. The van der Waals surface area contributed by atoms with Gasteiger partial charge in [0.25, 0.3) is 0 Å². The van der Waals surface area contributed by atoms with Gasteiger partial charge in [-0.2, -0.15) is 0 Å². The fourth-order valence-corrected chi connectivity index (χ4v) is 1.74. The molecule has 0 aliphatic rings. The van der Waals surface area contributed by atoms with Gasteiger partial charge in [-0.1, -0.05) is 30.3 Å². The molecule has 0 heterocycles. The molecule has 0 spiro atoms. The van der Waals surface area contributed by atoms with E-state index in [0.717, 1.165) is 11.1 Å². The van der Waals surface area contributed by atoms with Gasteiger partial charge in [0, 0.05) is 5.56 Å². The van der Waals surface area contributed by atoms with E-state index in [1.54, 1.807) is 25.1 Å². The first-order chi connectivity index (χ1) is 8.15. The van der Waals surface area contributed by atoms with Crippen LogP contribution in [-0.4, -0.2) is 5.78 Å². The number of halogens is 1. The molecule has 0 fully saturated rings. The molecule has 2 aromatic rings. The number of carbonyl (C=O) groups is 1. The Morgan fingerprint density at radius 2 is 1.76 bits per heavy atom. The molecule has 0 saturated carbocycles. The summed E-state index contributed by atoms with van der Waals surface area (Å²) in [7, 11) is 0. The van der Waals surface area contributed by atoms with Crippen LogP contribution in [-0.2, 0) is 6.42 Å². The minimum Gasteiger partial charge on any atom is -0.295 e. The number of ketones is 1. The fourth-order valence-electron chi connectivity index (χ4n) is 1.74. The van der Waals surface area contributed by atoms with Crippen LogP contribution in [0.3, 0.4) is 0 Å². The molecule has 0 N–H and O–H groups in total. The smallest absolute Gasteiger partial charge is 0.159 e. The van der Waals surface area contributed by atoms with Gasteiger partial charge in [-0.25, -0.2) is 4.39 Å². The first kappa shape index (κ1) is 11.5. The Balaban J connectivity index is 2.21. The van der Waals surface area contributed by atoms with Crippen LogP contribution in [0.5, 0.6) is 0 Å². The minimum atomic E-state index is -0.230. The van der Waals surface area contributed by atoms with Crippen molar-refractivity contribution in [2.45, 2.75) is 13.3 Å². The molecule has 2 rings (SSSR count). The fraction of sp³-hybridized carbons (Fsp3) is 0.133. The number of hydrogen-bond donors (Lipinski definition) is 0. The monoisotopic (exact) mass is 228 g/mol. The van der Waals surface area contributed by atoms with Crippen molar-refractivity contribution in [3.8, 4) is 0 Å². The van der Waals surface area contributed by atoms with Crippen molar-refractivity contribution < 1.29 is 9.18 Å². The predicted octanol–water partition coefficient (Wildman–Crippen LogP) is 3.62. The summed E-state index contributed by atoms with van der Waals surface area (Å²) in [5.41, 5.74) is 2.81. The quantitative estimate of drug-likeness (QED) is 0.733. The van der Waals surface area contributed by atoms with Crippen LogP contribution in [0.15, 0.2) is 48.5 Å². The molecule has 86 valence electrons. The zero-order valence-corrected chi connectivity index (χ0v) is 9.61. The van der Waals surface area contributed by atoms with E-state index in [1.165, 1.54) is 12.1 Å². The number of rotatable bonds is 3. The van der Waals surface area contributed by atoms with Crippen molar-refractivity contribution in [2.75, 3.05) is 0 Å². The largest absolute Gasteiger partial charge is 0.295 e. The molecule has 1 nitrogen and oxygen atoms in total. The van der Waals surface area contributed by atoms with E-state index in [4.69, 9.17) is 0 Å². The van der Waals surface area contributed by atoms with Crippen LogP contribution >= 0.6 is 0 Å². The van der Waals surface area contributed by atoms with Crippen LogP contribution in [0.25, 0.3) is 0 Å². The minimum absolute atomic E-state index is 0.0611. The molecule has 0 amide bonds. The lowest BCUT2D eigenvalue weighted by Crippen LogP contribution is -1.95. The van der Waals surface area contributed by atoms with Gasteiger partial charge in [-0.15, -0.1) is 0 Å². The molecule has 0 saturated heterocycles. The molecule has 2 aromatic carbocycles. The van der Waals surface area contributed by atoms with E-state index in [2.05, 4.69) is 0 Å². The topological polar surface area (TPSA) is 17.1 Å². The second-order valence-electron chi connectivity index (χ2n) is 4.06. The third-order valence-electron chi connectivity index (χ3n) is 2.66. The number of hydrogen-bond acceptors (Lipinski definition) is 1. The van der Waals surface area contributed by atoms with Gasteiger partial charge in [-0.05, 0) is 42.7 Å². The van der Waals surface area contributed by atoms with Crippen molar-refractivity contribution in [3.05, 3.63) is 71.0 Å². The van der Waals surface area contributed by atoms with E-state index in [1.807, 2.05) is 18.2 Å². The van der Waals surface area contributed by atoms with E-state index < -0.39 is 0 Å². The van der Waals surface area contributed by atoms with Crippen LogP contribution in [0.4, 0.5) is 4.39 Å². The molecule has 2 heteroatoms. The van der Waals surface area contributed by atoms with Crippen molar-refractivity contribution in [1.29, 1.82) is 0 Å². The molecule has 0 bridgehead atoms. The second kappa shape index (κ2) is 4.91. The summed E-state index contributed by atoms with van der Waals surface area (Å²) in [5.74, 6) is -0.169. The van der Waals surface area contributed by atoms with Crippen LogP contribution in [0, 0.1) is 5.82 Å². The van der Waals surface area contributed by atoms with Gasteiger partial charge in [-0.3, -0.25) is 4.79 Å². The van der Waals surface area contributed by atoms with Crippen LogP contribution in [0.1, 0.15) is 28.4 Å². The highest BCUT2D eigenvalue weighted by Crippen LogP contribution is 2.12. The molecule has 0 atom stereocenters. The number of benzene rings is 2. The van der Waals surface area contributed by atoms with Gasteiger partial charge in [0.15, 0.2) is 5.78 Å². The Bertz CT molecular complexity index is 529. The zero-order valence-electron chi connectivity index (χ0n) is 9.61. The summed E-state index contributed by atoms with van der Waals surface area (Å²) in [4.78, 5) is 11.2. The molecule has 0 radical (unpaired) electrons. The highest BCUT2D eigenvalue weighted by molar-refractivity contribution is 5.94. The summed E-state index contributed by atoms with van der Waals surface area (Å²) in [6, 6.07) is 13.9. The normalized spacial score (nSPS) is 10.2. The average molecular weight is 228 g/mol. The zero-order chi connectivity index (χ0) is 12.3. The van der Waals surface area contributed by atoms with Crippen LogP contribution < -0.4 is 0 Å². The summed E-state index contributed by atoms with van der Waals surface area (Å²) in [6.45, 7) is 1.55. The molecule has 0 unspecified atom stereocenters. The van der Waals surface area contributed by atoms with Gasteiger partial charge < -0.3 is 0 Å². The second-order valence-corrected chi connectivity index (χ2v) is 4.06. The highest BCUT2D eigenvalue weighted by Gasteiger charge is 2.01. The Kier molecular flexibility index (Phi) is 3.33. The maximum atomic E-state index is 12.8. The van der Waals surface area contributed by atoms with Crippen LogP contribution in [0.2, 0.25) is 0 Å².